The van der Waals surface area contributed by atoms with Crippen LogP contribution in [-0.4, -0.2) is 74.1 Å². The van der Waals surface area contributed by atoms with Gasteiger partial charge in [-0.2, -0.15) is 0 Å². The summed E-state index contributed by atoms with van der Waals surface area (Å²) in [6, 6.07) is 15.3. The van der Waals surface area contributed by atoms with Crippen LogP contribution in [0.25, 0.3) is 0 Å². The molecule has 8 nitrogen and oxygen atoms in total. The van der Waals surface area contributed by atoms with Crippen molar-refractivity contribution >= 4 is 27.0 Å². The standard InChI is InChI=1S/C36H56BNO7Si/c1-33(2,3)31(30-20-18-25-22-26(19-21-29(25)42-30)37-44-35(7,8)36(9,10)45-37)38(32(39)40)23-28(43-46(11,12)34(4,5)6)24-41-27-16-14-13-15-17-27/h13-17,19,21-22,28,30-31H,18,20,23-24H2,1-12H3,(H,39,40)/t28-,30+,31?/m0/s1. The second kappa shape index (κ2) is 13.2. The van der Waals surface area contributed by atoms with Gasteiger partial charge < -0.3 is 28.3 Å². The number of carbonyl (C=O) groups is 1. The number of ether oxygens (including phenoxy) is 2. The Morgan fingerprint density at radius 2 is 1.63 bits per heavy atom. The van der Waals surface area contributed by atoms with Crippen molar-refractivity contribution in [3.63, 3.8) is 0 Å². The Hall–Kier alpha value is -2.53. The smallest absolute Gasteiger partial charge is 0.491 e. The number of hydrogen-bond donors (Lipinski definition) is 1. The molecule has 3 atom stereocenters. The van der Waals surface area contributed by atoms with E-state index in [0.29, 0.717) is 6.42 Å². The van der Waals surface area contributed by atoms with Gasteiger partial charge in [0.05, 0.1) is 29.9 Å². The molecule has 1 saturated heterocycles. The first-order valence-corrected chi connectivity index (χ1v) is 19.5. The highest BCUT2D eigenvalue weighted by Gasteiger charge is 2.52. The summed E-state index contributed by atoms with van der Waals surface area (Å²) >= 11 is 0. The van der Waals surface area contributed by atoms with Crippen molar-refractivity contribution in [2.45, 2.75) is 130 Å². The summed E-state index contributed by atoms with van der Waals surface area (Å²) in [5, 5.41) is 10.7. The molecule has 0 radical (unpaired) electrons. The van der Waals surface area contributed by atoms with Gasteiger partial charge in [-0.25, -0.2) is 4.79 Å². The molecule has 1 unspecified atom stereocenters. The molecule has 10 heteroatoms. The van der Waals surface area contributed by atoms with Crippen molar-refractivity contribution in [2.75, 3.05) is 13.2 Å². The minimum absolute atomic E-state index is 0.0510. The van der Waals surface area contributed by atoms with Crippen LogP contribution in [-0.2, 0) is 20.2 Å². The molecule has 0 saturated carbocycles. The van der Waals surface area contributed by atoms with Crippen LogP contribution in [0.2, 0.25) is 18.1 Å². The van der Waals surface area contributed by atoms with Crippen molar-refractivity contribution in [1.82, 2.24) is 4.90 Å². The number of rotatable bonds is 10. The van der Waals surface area contributed by atoms with Crippen molar-refractivity contribution in [2.24, 2.45) is 5.41 Å². The molecule has 2 aromatic rings. The zero-order valence-corrected chi connectivity index (χ0v) is 31.1. The van der Waals surface area contributed by atoms with Gasteiger partial charge in [0.25, 0.3) is 0 Å². The van der Waals surface area contributed by atoms with E-state index in [4.69, 9.17) is 23.2 Å². The van der Waals surface area contributed by atoms with Gasteiger partial charge in [0.1, 0.15) is 24.2 Å². The van der Waals surface area contributed by atoms with E-state index >= 15 is 0 Å². The molecule has 2 heterocycles. The molecule has 0 aliphatic carbocycles. The Morgan fingerprint density at radius 1 is 1.02 bits per heavy atom. The lowest BCUT2D eigenvalue weighted by Crippen LogP contribution is -2.59. The Balaban J connectivity index is 1.58. The van der Waals surface area contributed by atoms with Gasteiger partial charge in [-0.05, 0) is 93.3 Å². The van der Waals surface area contributed by atoms with Gasteiger partial charge in [-0.15, -0.1) is 0 Å². The Bertz CT molecular complexity index is 1340. The van der Waals surface area contributed by atoms with Crippen LogP contribution in [0, 0.1) is 5.41 Å². The van der Waals surface area contributed by atoms with Gasteiger partial charge in [0, 0.05) is 0 Å². The molecule has 2 aliphatic heterocycles. The predicted octanol–water partition coefficient (Wildman–Crippen LogP) is 7.54. The lowest BCUT2D eigenvalue weighted by Gasteiger charge is -2.46. The molecule has 4 rings (SSSR count). The number of hydrogen-bond acceptors (Lipinski definition) is 6. The second-order valence-electron chi connectivity index (χ2n) is 16.5. The topological polar surface area (TPSA) is 86.7 Å². The van der Waals surface area contributed by atoms with Gasteiger partial charge in [-0.1, -0.05) is 71.9 Å². The molecule has 0 spiro atoms. The highest BCUT2D eigenvalue weighted by molar-refractivity contribution is 6.74. The van der Waals surface area contributed by atoms with E-state index < -0.39 is 50.3 Å². The second-order valence-corrected chi connectivity index (χ2v) is 21.3. The Kier molecular flexibility index (Phi) is 10.4. The Labute approximate surface area is 278 Å². The fraction of sp³-hybridized carbons (Fsp3) is 0.639. The monoisotopic (exact) mass is 653 g/mol. The van der Waals surface area contributed by atoms with E-state index in [1.165, 1.54) is 0 Å². The minimum Gasteiger partial charge on any atom is -0.491 e. The average molecular weight is 654 g/mol. The van der Waals surface area contributed by atoms with Crippen LogP contribution >= 0.6 is 0 Å². The predicted molar refractivity (Wildman–Crippen MR) is 187 cm³/mol. The molecule has 1 N–H and O–H groups in total. The summed E-state index contributed by atoms with van der Waals surface area (Å²) in [7, 11) is -2.71. The summed E-state index contributed by atoms with van der Waals surface area (Å²) in [6.45, 7) is 25.8. The van der Waals surface area contributed by atoms with Crippen LogP contribution < -0.4 is 14.9 Å². The van der Waals surface area contributed by atoms with Crippen molar-refractivity contribution in [3.8, 4) is 11.5 Å². The largest absolute Gasteiger partial charge is 0.494 e. The average Bonchev–Trinajstić information content (AvgIpc) is 3.16. The van der Waals surface area contributed by atoms with Gasteiger partial charge in [0.2, 0.25) is 0 Å². The summed E-state index contributed by atoms with van der Waals surface area (Å²) < 4.78 is 32.3. The normalized spacial score (nSPS) is 20.8. The quantitative estimate of drug-likeness (QED) is 0.265. The molecule has 0 aromatic heterocycles. The summed E-state index contributed by atoms with van der Waals surface area (Å²) in [5.41, 5.74) is 0.781. The maximum Gasteiger partial charge on any atom is 0.494 e. The fourth-order valence-electron chi connectivity index (χ4n) is 5.96. The SMILES string of the molecule is CC(C)(C)C([C@H]1CCc2cc(B3OC(C)(C)C(C)(C)O3)ccc2O1)N(C[C@@H](COc1ccccc1)O[Si](C)(C)C(C)(C)C)C(=O)O. The molecule has 46 heavy (non-hydrogen) atoms. The first-order chi connectivity index (χ1) is 21.1. The van der Waals surface area contributed by atoms with Gasteiger partial charge in [-0.3, -0.25) is 4.90 Å². The molecule has 2 aromatic carbocycles. The van der Waals surface area contributed by atoms with Crippen LogP contribution in [0.5, 0.6) is 11.5 Å². The molecule has 0 bridgehead atoms. The van der Waals surface area contributed by atoms with Crippen LogP contribution in [0.3, 0.4) is 0 Å². The number of amides is 1. The Morgan fingerprint density at radius 3 is 2.17 bits per heavy atom. The number of carboxylic acid groups (broad SMARTS) is 1. The van der Waals surface area contributed by atoms with Crippen molar-refractivity contribution in [1.29, 1.82) is 0 Å². The molecular weight excluding hydrogens is 597 g/mol. The van der Waals surface area contributed by atoms with E-state index in [1.54, 1.807) is 4.90 Å². The summed E-state index contributed by atoms with van der Waals surface area (Å²) in [4.78, 5) is 14.6. The number of para-hydroxylation sites is 1. The summed E-state index contributed by atoms with van der Waals surface area (Å²) in [6.07, 6.45) is -0.349. The molecule has 1 amide bonds. The lowest BCUT2D eigenvalue weighted by atomic mass is 9.76. The zero-order chi connectivity index (χ0) is 34.3. The van der Waals surface area contributed by atoms with Crippen molar-refractivity contribution < 1.29 is 33.1 Å². The van der Waals surface area contributed by atoms with E-state index in [9.17, 15) is 9.90 Å². The van der Waals surface area contributed by atoms with E-state index in [2.05, 4.69) is 88.4 Å². The number of nitrogens with zero attached hydrogens (tertiary/aromatic N) is 1. The number of fused-ring (bicyclic) bond motifs is 1. The first kappa shape index (κ1) is 36.3. The molecule has 2 aliphatic rings. The van der Waals surface area contributed by atoms with E-state index in [1.807, 2.05) is 42.5 Å². The third-order valence-electron chi connectivity index (χ3n) is 10.3. The summed E-state index contributed by atoms with van der Waals surface area (Å²) in [5.74, 6) is 1.50. The first-order valence-electron chi connectivity index (χ1n) is 16.6. The van der Waals surface area contributed by atoms with Gasteiger partial charge >= 0.3 is 13.2 Å². The zero-order valence-electron chi connectivity index (χ0n) is 30.1. The van der Waals surface area contributed by atoms with E-state index in [-0.39, 0.29) is 24.3 Å². The number of aryl methyl sites for hydroxylation is 1. The third kappa shape index (κ3) is 8.12. The van der Waals surface area contributed by atoms with Crippen LogP contribution in [0.15, 0.2) is 48.5 Å². The minimum atomic E-state index is -2.26. The molecule has 254 valence electrons. The maximum absolute atomic E-state index is 13.1. The fourth-order valence-corrected chi connectivity index (χ4v) is 7.29. The molecule has 1 fully saturated rings. The lowest BCUT2D eigenvalue weighted by molar-refractivity contribution is -0.0205. The third-order valence-corrected chi connectivity index (χ3v) is 14.8. The maximum atomic E-state index is 13.1. The van der Waals surface area contributed by atoms with Crippen LogP contribution in [0.4, 0.5) is 4.79 Å². The van der Waals surface area contributed by atoms with E-state index in [0.717, 1.165) is 28.9 Å². The molecular formula is C36H56BNO7Si. The highest BCUT2D eigenvalue weighted by atomic mass is 28.4. The van der Waals surface area contributed by atoms with Crippen molar-refractivity contribution in [3.05, 3.63) is 54.1 Å². The van der Waals surface area contributed by atoms with Gasteiger partial charge in [0.15, 0.2) is 8.32 Å². The highest BCUT2D eigenvalue weighted by Crippen LogP contribution is 2.40. The number of benzene rings is 2. The van der Waals surface area contributed by atoms with Crippen LogP contribution in [0.1, 0.15) is 81.2 Å².